The quantitative estimate of drug-likeness (QED) is 0.779. The third kappa shape index (κ3) is 1.82. The first-order valence-electron chi connectivity index (χ1n) is 4.52. The molecule has 0 saturated heterocycles. The van der Waals surface area contributed by atoms with E-state index in [1.807, 2.05) is 18.5 Å². The van der Waals surface area contributed by atoms with Crippen LogP contribution in [-0.2, 0) is 0 Å². The SMILES string of the molecule is CC(c1ccccc1)n1ccnc1I. The highest BCUT2D eigenvalue weighted by atomic mass is 127. The molecule has 3 heteroatoms. The fourth-order valence-electron chi connectivity index (χ4n) is 1.48. The Morgan fingerprint density at radius 1 is 1.29 bits per heavy atom. The Morgan fingerprint density at radius 3 is 2.57 bits per heavy atom. The molecule has 0 aliphatic heterocycles. The molecule has 1 aromatic carbocycles. The molecule has 0 saturated carbocycles. The Morgan fingerprint density at radius 2 is 2.00 bits per heavy atom. The van der Waals surface area contributed by atoms with Gasteiger partial charge in [-0.3, -0.25) is 0 Å². The van der Waals surface area contributed by atoms with Crippen molar-refractivity contribution in [2.75, 3.05) is 0 Å². The van der Waals surface area contributed by atoms with Crippen LogP contribution in [0.4, 0.5) is 0 Å². The maximum absolute atomic E-state index is 4.21. The predicted octanol–water partition coefficient (Wildman–Crippen LogP) is 3.10. The van der Waals surface area contributed by atoms with Crippen LogP contribution < -0.4 is 0 Å². The van der Waals surface area contributed by atoms with Crippen LogP contribution in [0.15, 0.2) is 42.7 Å². The highest BCUT2D eigenvalue weighted by Crippen LogP contribution is 2.19. The minimum absolute atomic E-state index is 0.352. The second-order valence-corrected chi connectivity index (χ2v) is 4.16. The van der Waals surface area contributed by atoms with E-state index in [0.717, 1.165) is 3.83 Å². The summed E-state index contributed by atoms with van der Waals surface area (Å²) in [4.78, 5) is 4.21. The van der Waals surface area contributed by atoms with Crippen molar-refractivity contribution >= 4 is 22.6 Å². The monoisotopic (exact) mass is 298 g/mol. The van der Waals surface area contributed by atoms with Gasteiger partial charge in [-0.1, -0.05) is 30.3 Å². The van der Waals surface area contributed by atoms with Crippen molar-refractivity contribution in [2.24, 2.45) is 0 Å². The summed E-state index contributed by atoms with van der Waals surface area (Å²) in [6, 6.07) is 10.8. The summed E-state index contributed by atoms with van der Waals surface area (Å²) in [7, 11) is 0. The maximum Gasteiger partial charge on any atom is 0.171 e. The van der Waals surface area contributed by atoms with Gasteiger partial charge in [0.05, 0.1) is 6.04 Å². The molecule has 0 amide bonds. The number of nitrogens with zero attached hydrogens (tertiary/aromatic N) is 2. The summed E-state index contributed by atoms with van der Waals surface area (Å²) in [6.45, 7) is 2.18. The van der Waals surface area contributed by atoms with Crippen LogP contribution in [0, 0.1) is 3.83 Å². The fourth-order valence-corrected chi connectivity index (χ4v) is 2.22. The van der Waals surface area contributed by atoms with Gasteiger partial charge in [-0.05, 0) is 35.1 Å². The first-order chi connectivity index (χ1) is 6.79. The van der Waals surface area contributed by atoms with Crippen LogP contribution in [0.1, 0.15) is 18.5 Å². The van der Waals surface area contributed by atoms with Gasteiger partial charge in [-0.2, -0.15) is 0 Å². The highest BCUT2D eigenvalue weighted by Gasteiger charge is 2.08. The van der Waals surface area contributed by atoms with Crippen molar-refractivity contribution in [1.29, 1.82) is 0 Å². The zero-order valence-corrected chi connectivity index (χ0v) is 10.0. The van der Waals surface area contributed by atoms with Gasteiger partial charge < -0.3 is 4.57 Å². The Bertz CT molecular complexity index is 408. The minimum atomic E-state index is 0.352. The molecule has 1 unspecified atom stereocenters. The number of benzene rings is 1. The molecule has 1 atom stereocenters. The van der Waals surface area contributed by atoms with Gasteiger partial charge in [-0.25, -0.2) is 4.98 Å². The molecule has 2 aromatic rings. The Balaban J connectivity index is 2.34. The van der Waals surface area contributed by atoms with E-state index in [2.05, 4.69) is 63.3 Å². The van der Waals surface area contributed by atoms with E-state index in [4.69, 9.17) is 0 Å². The van der Waals surface area contributed by atoms with E-state index < -0.39 is 0 Å². The van der Waals surface area contributed by atoms with Crippen LogP contribution >= 0.6 is 22.6 Å². The number of imidazole rings is 1. The van der Waals surface area contributed by atoms with E-state index >= 15 is 0 Å². The second-order valence-electron chi connectivity index (χ2n) is 3.19. The van der Waals surface area contributed by atoms with Gasteiger partial charge in [0, 0.05) is 12.4 Å². The lowest BCUT2D eigenvalue weighted by molar-refractivity contribution is 0.622. The largest absolute Gasteiger partial charge is 0.319 e. The summed E-state index contributed by atoms with van der Waals surface area (Å²) in [5, 5.41) is 0. The van der Waals surface area contributed by atoms with E-state index in [1.54, 1.807) is 0 Å². The Kier molecular flexibility index (Phi) is 2.86. The number of hydrogen-bond acceptors (Lipinski definition) is 1. The average molecular weight is 298 g/mol. The smallest absolute Gasteiger partial charge is 0.171 e. The van der Waals surface area contributed by atoms with Gasteiger partial charge >= 0.3 is 0 Å². The van der Waals surface area contributed by atoms with Crippen molar-refractivity contribution in [3.63, 3.8) is 0 Å². The van der Waals surface area contributed by atoms with Crippen molar-refractivity contribution in [2.45, 2.75) is 13.0 Å². The third-order valence-electron chi connectivity index (χ3n) is 2.32. The van der Waals surface area contributed by atoms with Crippen LogP contribution in [0.25, 0.3) is 0 Å². The lowest BCUT2D eigenvalue weighted by Gasteiger charge is -2.14. The summed E-state index contributed by atoms with van der Waals surface area (Å²) in [6.07, 6.45) is 3.85. The van der Waals surface area contributed by atoms with Crippen LogP contribution in [-0.4, -0.2) is 9.55 Å². The number of hydrogen-bond donors (Lipinski definition) is 0. The fraction of sp³-hybridized carbons (Fsp3) is 0.182. The molecule has 2 nitrogen and oxygen atoms in total. The van der Waals surface area contributed by atoms with E-state index in [1.165, 1.54) is 5.56 Å². The second kappa shape index (κ2) is 4.13. The van der Waals surface area contributed by atoms with Gasteiger partial charge in [0.1, 0.15) is 0 Å². The van der Waals surface area contributed by atoms with Gasteiger partial charge in [0.15, 0.2) is 3.83 Å². The molecular formula is C11H11IN2. The maximum atomic E-state index is 4.21. The van der Waals surface area contributed by atoms with Crippen LogP contribution in [0.5, 0.6) is 0 Å². The predicted molar refractivity (Wildman–Crippen MR) is 65.2 cm³/mol. The molecule has 2 rings (SSSR count). The summed E-state index contributed by atoms with van der Waals surface area (Å²) in [5.74, 6) is 0. The van der Waals surface area contributed by atoms with E-state index in [9.17, 15) is 0 Å². The molecular weight excluding hydrogens is 287 g/mol. The highest BCUT2D eigenvalue weighted by molar-refractivity contribution is 14.1. The van der Waals surface area contributed by atoms with Crippen molar-refractivity contribution in [1.82, 2.24) is 9.55 Å². The van der Waals surface area contributed by atoms with Crippen LogP contribution in [0.3, 0.4) is 0 Å². The Hall–Kier alpha value is -0.840. The standard InChI is InChI=1S/C11H11IN2/c1-9(10-5-3-2-4-6-10)14-8-7-13-11(14)12/h2-9H,1H3. The number of aromatic nitrogens is 2. The zero-order valence-electron chi connectivity index (χ0n) is 7.89. The summed E-state index contributed by atoms with van der Waals surface area (Å²) >= 11 is 2.25. The van der Waals surface area contributed by atoms with Crippen molar-refractivity contribution in [3.8, 4) is 0 Å². The lowest BCUT2D eigenvalue weighted by Crippen LogP contribution is -2.07. The van der Waals surface area contributed by atoms with Gasteiger partial charge in [0.25, 0.3) is 0 Å². The molecule has 0 N–H and O–H groups in total. The molecule has 0 fully saturated rings. The average Bonchev–Trinajstić information content (AvgIpc) is 2.65. The first-order valence-corrected chi connectivity index (χ1v) is 5.60. The minimum Gasteiger partial charge on any atom is -0.319 e. The normalized spacial score (nSPS) is 12.7. The topological polar surface area (TPSA) is 17.8 Å². The summed E-state index contributed by atoms with van der Waals surface area (Å²) in [5.41, 5.74) is 1.31. The molecule has 0 aliphatic rings. The lowest BCUT2D eigenvalue weighted by atomic mass is 10.1. The molecule has 0 radical (unpaired) electrons. The Labute approximate surface area is 97.1 Å². The third-order valence-corrected chi connectivity index (χ3v) is 3.16. The zero-order chi connectivity index (χ0) is 9.97. The van der Waals surface area contributed by atoms with Crippen molar-refractivity contribution < 1.29 is 0 Å². The van der Waals surface area contributed by atoms with Gasteiger partial charge in [-0.15, -0.1) is 0 Å². The molecule has 0 aliphatic carbocycles. The van der Waals surface area contributed by atoms with Crippen molar-refractivity contribution in [3.05, 3.63) is 52.1 Å². The van der Waals surface area contributed by atoms with Crippen LogP contribution in [0.2, 0.25) is 0 Å². The van der Waals surface area contributed by atoms with E-state index in [-0.39, 0.29) is 0 Å². The molecule has 1 aromatic heterocycles. The van der Waals surface area contributed by atoms with Gasteiger partial charge in [0.2, 0.25) is 0 Å². The number of halogens is 1. The first kappa shape index (κ1) is 9.71. The molecule has 72 valence electrons. The molecule has 1 heterocycles. The summed E-state index contributed by atoms with van der Waals surface area (Å²) < 4.78 is 3.19. The molecule has 0 bridgehead atoms. The van der Waals surface area contributed by atoms with E-state index in [0.29, 0.717) is 6.04 Å². The number of rotatable bonds is 2. The molecule has 14 heavy (non-hydrogen) atoms. The molecule has 0 spiro atoms.